The monoisotopic (exact) mass is 262 g/mol. The van der Waals surface area contributed by atoms with Crippen LogP contribution in [-0.2, 0) is 11.3 Å². The Morgan fingerprint density at radius 2 is 1.33 bits per heavy atom. The molecule has 0 aliphatic carbocycles. The molecular weight excluding hydrogens is 261 g/mol. The molecule has 0 saturated heterocycles. The molecule has 0 rings (SSSR count). The first-order valence-electron chi connectivity index (χ1n) is 0.452. The van der Waals surface area contributed by atoms with Gasteiger partial charge in [0.05, 0.1) is 0 Å². The van der Waals surface area contributed by atoms with Gasteiger partial charge < -0.3 is 19.3 Å². The van der Waals surface area contributed by atoms with Crippen molar-refractivity contribution in [3.05, 3.63) is 14.0 Å². The summed E-state index contributed by atoms with van der Waals surface area (Å²) in [5, 5.41) is 6.25. The Balaban J connectivity index is -0.0000000275. The largest absolute Gasteiger partial charge is 0.512 e. The first-order valence-corrected chi connectivity index (χ1v) is 5.11. The van der Waals surface area contributed by atoms with Crippen LogP contribution in [0.2, 0.25) is 0 Å². The summed E-state index contributed by atoms with van der Waals surface area (Å²) < 4.78 is 0. The summed E-state index contributed by atoms with van der Waals surface area (Å²) in [7, 11) is 0. The van der Waals surface area contributed by atoms with Crippen LogP contribution < -0.4 is 0 Å². The standard InChI is InChI=1S/CN.CH3.2BrH.Cu/c1-2;;;;/h;1H3;2*1H;/q2*-1;;;+2/p-2. The first-order chi connectivity index (χ1) is 2.41. The molecule has 0 aliphatic heterocycles. The van der Waals surface area contributed by atoms with Crippen molar-refractivity contribution >= 4 is 28.2 Å². The molecule has 0 unspecified atom stereocenters. The number of nitrogens with zero attached hydrogens (tertiary/aromatic N) is 1. The Bertz CT molecular complexity index is 22.8. The minimum atomic E-state index is 0. The summed E-state index contributed by atoms with van der Waals surface area (Å²) in [6.45, 7) is 4.75. The molecule has 0 N–H and O–H groups in total. The van der Waals surface area contributed by atoms with Crippen LogP contribution in [0.5, 0.6) is 0 Å². The van der Waals surface area contributed by atoms with Crippen molar-refractivity contribution in [3.8, 4) is 0 Å². The summed E-state index contributed by atoms with van der Waals surface area (Å²) in [6, 6.07) is 0. The van der Waals surface area contributed by atoms with Crippen LogP contribution in [0.25, 0.3) is 0 Å². The Kier molecular flexibility index (Phi) is 99.8. The van der Waals surface area contributed by atoms with Gasteiger partial charge in [-0.1, -0.05) is 0 Å². The Labute approximate surface area is 58.7 Å². The third-order valence-electron chi connectivity index (χ3n) is 0. The molecule has 0 heterocycles. The SMILES string of the molecule is [Br][Cu][Br].[C-]#N.[CH3-]. The summed E-state index contributed by atoms with van der Waals surface area (Å²) in [5.41, 5.74) is 0. The average molecular weight is 264 g/mol. The van der Waals surface area contributed by atoms with Crippen LogP contribution >= 0.6 is 28.2 Å². The van der Waals surface area contributed by atoms with Crippen molar-refractivity contribution < 1.29 is 11.3 Å². The Hall–Kier alpha value is 0.969. The summed E-state index contributed by atoms with van der Waals surface area (Å²) >= 11 is 7.38. The second-order valence-corrected chi connectivity index (χ2v) is 4.80. The fourth-order valence-electron chi connectivity index (χ4n) is 0. The summed E-state index contributed by atoms with van der Waals surface area (Å²) in [5.74, 6) is 0. The van der Waals surface area contributed by atoms with Gasteiger partial charge in [-0.25, -0.2) is 0 Å². The van der Waals surface area contributed by atoms with E-state index in [-0.39, 0.29) is 7.43 Å². The van der Waals surface area contributed by atoms with Crippen molar-refractivity contribution in [1.29, 1.82) is 5.26 Å². The maximum Gasteiger partial charge on any atom is -0.358 e. The van der Waals surface area contributed by atoms with Crippen molar-refractivity contribution in [2.24, 2.45) is 0 Å². The van der Waals surface area contributed by atoms with Crippen LogP contribution in [0.15, 0.2) is 0 Å². The molecule has 0 aromatic rings. The van der Waals surface area contributed by atoms with E-state index in [4.69, 9.17) is 11.8 Å². The van der Waals surface area contributed by atoms with E-state index in [1.807, 2.05) is 0 Å². The number of halogens is 2. The molecule has 0 saturated carbocycles. The molecule has 4 heteroatoms. The topological polar surface area (TPSA) is 23.8 Å². The molecular formula is C2H3Br2CuN-2. The fraction of sp³-hybridized carbons (Fsp3) is 0. The van der Waals surface area contributed by atoms with Crippen LogP contribution in [-0.4, -0.2) is 0 Å². The fourth-order valence-corrected chi connectivity index (χ4v) is 0. The first kappa shape index (κ1) is 15.8. The van der Waals surface area contributed by atoms with Crippen molar-refractivity contribution in [2.75, 3.05) is 0 Å². The number of rotatable bonds is 0. The molecule has 0 bridgehead atoms. The molecule has 0 aliphatic rings. The second kappa shape index (κ2) is 38.0. The van der Waals surface area contributed by atoms with Gasteiger partial charge in [-0.05, 0) is 0 Å². The van der Waals surface area contributed by atoms with Crippen molar-refractivity contribution in [3.63, 3.8) is 0 Å². The smallest absolute Gasteiger partial charge is 0.358 e. The van der Waals surface area contributed by atoms with Gasteiger partial charge in [0.15, 0.2) is 0 Å². The van der Waals surface area contributed by atoms with E-state index in [1.165, 1.54) is 11.3 Å². The van der Waals surface area contributed by atoms with Crippen molar-refractivity contribution in [1.82, 2.24) is 0 Å². The average Bonchev–Trinajstić information content (AvgIpc) is 1.46. The van der Waals surface area contributed by atoms with E-state index < -0.39 is 0 Å². The van der Waals surface area contributed by atoms with E-state index in [0.717, 1.165) is 0 Å². The molecule has 0 radical (unpaired) electrons. The van der Waals surface area contributed by atoms with E-state index in [2.05, 4.69) is 28.2 Å². The minimum absolute atomic E-state index is 0. The quantitative estimate of drug-likeness (QED) is 0.486. The predicted octanol–water partition coefficient (Wildman–Crippen LogP) is 2.24. The Morgan fingerprint density at radius 3 is 1.33 bits per heavy atom. The second-order valence-electron chi connectivity index (χ2n) is 0.0431. The van der Waals surface area contributed by atoms with E-state index in [1.54, 1.807) is 0 Å². The van der Waals surface area contributed by atoms with Crippen LogP contribution in [0.4, 0.5) is 0 Å². The molecule has 43 valence electrons. The molecule has 0 atom stereocenters. The van der Waals surface area contributed by atoms with Gasteiger partial charge in [0.25, 0.3) is 0 Å². The van der Waals surface area contributed by atoms with Gasteiger partial charge in [-0.15, -0.1) is 0 Å². The van der Waals surface area contributed by atoms with E-state index in [0.29, 0.717) is 0 Å². The molecule has 0 aromatic heterocycles. The molecule has 0 fully saturated rings. The zero-order chi connectivity index (χ0) is 4.71. The summed E-state index contributed by atoms with van der Waals surface area (Å²) in [4.78, 5) is 0. The zero-order valence-electron chi connectivity index (χ0n) is 3.00. The maximum absolute atomic E-state index is 6.25. The molecule has 0 spiro atoms. The molecule has 6 heavy (non-hydrogen) atoms. The third kappa shape index (κ3) is 83.3. The van der Waals surface area contributed by atoms with Crippen LogP contribution in [0.1, 0.15) is 0 Å². The number of hydrogen-bond donors (Lipinski definition) is 0. The van der Waals surface area contributed by atoms with E-state index >= 15 is 0 Å². The Morgan fingerprint density at radius 1 is 1.33 bits per heavy atom. The summed E-state index contributed by atoms with van der Waals surface area (Å²) in [6.07, 6.45) is 0. The third-order valence-corrected chi connectivity index (χ3v) is 0. The van der Waals surface area contributed by atoms with Gasteiger partial charge in [0.2, 0.25) is 0 Å². The zero-order valence-corrected chi connectivity index (χ0v) is 7.12. The normalized spacial score (nSPS) is 4.00. The van der Waals surface area contributed by atoms with Crippen LogP contribution in [0, 0.1) is 19.3 Å². The minimum Gasteiger partial charge on any atom is -0.512 e. The molecule has 0 aromatic carbocycles. The molecule has 0 amide bonds. The van der Waals surface area contributed by atoms with Gasteiger partial charge in [0.1, 0.15) is 0 Å². The van der Waals surface area contributed by atoms with Gasteiger partial charge >= 0.3 is 39.6 Å². The van der Waals surface area contributed by atoms with Gasteiger partial charge in [-0.2, -0.15) is 0 Å². The molecule has 1 nitrogen and oxygen atoms in total. The predicted molar refractivity (Wildman–Crippen MR) is 29.2 cm³/mol. The van der Waals surface area contributed by atoms with Gasteiger partial charge in [0, 0.05) is 0 Å². The van der Waals surface area contributed by atoms with E-state index in [9.17, 15) is 0 Å². The number of hydrogen-bond acceptors (Lipinski definition) is 1. The van der Waals surface area contributed by atoms with Crippen molar-refractivity contribution in [2.45, 2.75) is 0 Å². The van der Waals surface area contributed by atoms with Crippen LogP contribution in [0.3, 0.4) is 0 Å². The van der Waals surface area contributed by atoms with Gasteiger partial charge in [-0.3, -0.25) is 0 Å². The maximum atomic E-state index is 6.25.